The predicted molar refractivity (Wildman–Crippen MR) is 90.6 cm³/mol. The van der Waals surface area contributed by atoms with E-state index in [1.807, 2.05) is 6.07 Å². The number of nitrogens with one attached hydrogen (secondary N) is 3. The van der Waals surface area contributed by atoms with Crippen molar-refractivity contribution >= 4 is 17.6 Å². The molecular weight excluding hydrogens is 326 g/mol. The van der Waals surface area contributed by atoms with E-state index in [0.29, 0.717) is 5.69 Å². The molecule has 1 aliphatic heterocycles. The van der Waals surface area contributed by atoms with Crippen LogP contribution in [0.15, 0.2) is 30.3 Å². The molecule has 0 saturated carbocycles. The van der Waals surface area contributed by atoms with Gasteiger partial charge in [0.05, 0.1) is 19.1 Å². The van der Waals surface area contributed by atoms with Crippen LogP contribution < -0.4 is 16.0 Å². The molecule has 134 valence electrons. The molecule has 0 aromatic heterocycles. The molecule has 0 aliphatic carbocycles. The van der Waals surface area contributed by atoms with Gasteiger partial charge in [0.2, 0.25) is 5.91 Å². The summed E-state index contributed by atoms with van der Waals surface area (Å²) >= 11 is 0. The van der Waals surface area contributed by atoms with Crippen LogP contribution in [0.3, 0.4) is 0 Å². The molecule has 1 aromatic rings. The van der Waals surface area contributed by atoms with Crippen molar-refractivity contribution in [3.8, 4) is 12.3 Å². The van der Waals surface area contributed by atoms with E-state index in [2.05, 4.69) is 21.9 Å². The van der Waals surface area contributed by atoms with Gasteiger partial charge in [0.15, 0.2) is 0 Å². The van der Waals surface area contributed by atoms with Gasteiger partial charge in [0.1, 0.15) is 18.3 Å². The summed E-state index contributed by atoms with van der Waals surface area (Å²) in [6.45, 7) is 0.0637. The van der Waals surface area contributed by atoms with Crippen molar-refractivity contribution in [2.75, 3.05) is 18.4 Å². The van der Waals surface area contributed by atoms with Gasteiger partial charge < -0.3 is 30.9 Å². The fourth-order valence-electron chi connectivity index (χ4n) is 2.46. The number of amides is 3. The molecule has 4 atom stereocenters. The van der Waals surface area contributed by atoms with Gasteiger partial charge in [-0.25, -0.2) is 4.79 Å². The normalized spacial score (nSPS) is 25.0. The zero-order valence-corrected chi connectivity index (χ0v) is 13.5. The molecule has 0 spiro atoms. The summed E-state index contributed by atoms with van der Waals surface area (Å²) in [7, 11) is 0. The lowest BCUT2D eigenvalue weighted by Crippen LogP contribution is -2.41. The van der Waals surface area contributed by atoms with E-state index in [0.717, 1.165) is 0 Å². The first kappa shape index (κ1) is 18.7. The summed E-state index contributed by atoms with van der Waals surface area (Å²) in [5, 5.41) is 27.6. The van der Waals surface area contributed by atoms with Gasteiger partial charge in [0.25, 0.3) is 0 Å². The lowest BCUT2D eigenvalue weighted by molar-refractivity contribution is -0.124. The van der Waals surface area contributed by atoms with Gasteiger partial charge in [-0.15, -0.1) is 6.42 Å². The monoisotopic (exact) mass is 347 g/mol. The van der Waals surface area contributed by atoms with Crippen molar-refractivity contribution < 1.29 is 24.5 Å². The van der Waals surface area contributed by atoms with E-state index in [4.69, 9.17) is 11.2 Å². The zero-order valence-electron chi connectivity index (χ0n) is 13.5. The number of terminal acetylenes is 1. The van der Waals surface area contributed by atoms with Crippen molar-refractivity contribution in [2.24, 2.45) is 0 Å². The summed E-state index contributed by atoms with van der Waals surface area (Å²) in [5.74, 6) is 1.88. The Balaban J connectivity index is 1.79. The van der Waals surface area contributed by atoms with Gasteiger partial charge >= 0.3 is 6.03 Å². The Labute approximate surface area is 145 Å². The fraction of sp³-hybridized carbons (Fsp3) is 0.412. The zero-order chi connectivity index (χ0) is 18.2. The van der Waals surface area contributed by atoms with E-state index < -0.39 is 30.4 Å². The molecule has 0 radical (unpaired) electrons. The second kappa shape index (κ2) is 9.03. The Morgan fingerprint density at radius 1 is 1.12 bits per heavy atom. The second-order valence-corrected chi connectivity index (χ2v) is 5.58. The number of urea groups is 1. The molecule has 3 amide bonds. The maximum absolute atomic E-state index is 11.8. The van der Waals surface area contributed by atoms with Gasteiger partial charge in [0, 0.05) is 12.2 Å². The van der Waals surface area contributed by atoms with Crippen LogP contribution in [0.25, 0.3) is 0 Å². The molecular formula is C17H21N3O5. The van der Waals surface area contributed by atoms with Crippen LogP contribution >= 0.6 is 0 Å². The first-order chi connectivity index (χ1) is 12.0. The Morgan fingerprint density at radius 2 is 1.80 bits per heavy atom. The van der Waals surface area contributed by atoms with E-state index in [-0.39, 0.29) is 25.4 Å². The average molecular weight is 347 g/mol. The van der Waals surface area contributed by atoms with Gasteiger partial charge in [-0.05, 0) is 12.1 Å². The summed E-state index contributed by atoms with van der Waals surface area (Å²) < 4.78 is 5.48. The highest BCUT2D eigenvalue weighted by Crippen LogP contribution is 2.23. The molecule has 4 unspecified atom stereocenters. The molecule has 5 N–H and O–H groups in total. The molecule has 25 heavy (non-hydrogen) atoms. The van der Waals surface area contributed by atoms with Gasteiger partial charge in [-0.1, -0.05) is 24.1 Å². The highest BCUT2D eigenvalue weighted by atomic mass is 16.5. The van der Waals surface area contributed by atoms with Gasteiger partial charge in [-0.3, -0.25) is 4.79 Å². The van der Waals surface area contributed by atoms with Crippen LogP contribution in [0.5, 0.6) is 0 Å². The number of hydrogen-bond acceptors (Lipinski definition) is 5. The van der Waals surface area contributed by atoms with Crippen LogP contribution in [0.1, 0.15) is 6.42 Å². The smallest absolute Gasteiger partial charge is 0.319 e. The van der Waals surface area contributed by atoms with E-state index in [9.17, 15) is 19.8 Å². The third kappa shape index (κ3) is 5.46. The number of para-hydroxylation sites is 1. The first-order valence-electron chi connectivity index (χ1n) is 7.83. The van der Waals surface area contributed by atoms with Crippen LogP contribution in [-0.4, -0.2) is 59.7 Å². The summed E-state index contributed by atoms with van der Waals surface area (Å²) in [6.07, 6.45) is 0.806. The maximum atomic E-state index is 11.8. The number of aliphatic hydroxyl groups excluding tert-OH is 2. The van der Waals surface area contributed by atoms with Crippen molar-refractivity contribution in [2.45, 2.75) is 30.8 Å². The van der Waals surface area contributed by atoms with Crippen molar-refractivity contribution in [3.63, 3.8) is 0 Å². The molecule has 8 heteroatoms. The average Bonchev–Trinajstić information content (AvgIpc) is 2.87. The molecule has 1 fully saturated rings. The van der Waals surface area contributed by atoms with Crippen LogP contribution in [0.2, 0.25) is 0 Å². The number of anilines is 1. The van der Waals surface area contributed by atoms with E-state index in [1.54, 1.807) is 24.3 Å². The SMILES string of the molecule is C#CCNC(=O)CC1OC(CNC(=O)Nc2ccccc2)C(O)C1O. The Hall–Kier alpha value is -2.60. The number of carbonyl (C=O) groups is 2. The number of benzene rings is 1. The van der Waals surface area contributed by atoms with E-state index >= 15 is 0 Å². The molecule has 8 nitrogen and oxygen atoms in total. The van der Waals surface area contributed by atoms with Crippen LogP contribution in [-0.2, 0) is 9.53 Å². The second-order valence-electron chi connectivity index (χ2n) is 5.58. The van der Waals surface area contributed by atoms with Crippen molar-refractivity contribution in [1.82, 2.24) is 10.6 Å². The lowest BCUT2D eigenvalue weighted by Gasteiger charge is -2.15. The Morgan fingerprint density at radius 3 is 2.48 bits per heavy atom. The van der Waals surface area contributed by atoms with Crippen LogP contribution in [0.4, 0.5) is 10.5 Å². The predicted octanol–water partition coefficient (Wildman–Crippen LogP) is -0.563. The highest BCUT2D eigenvalue weighted by Gasteiger charge is 2.43. The minimum absolute atomic E-state index is 0.0145. The Bertz CT molecular complexity index is 631. The summed E-state index contributed by atoms with van der Waals surface area (Å²) in [4.78, 5) is 23.5. The lowest BCUT2D eigenvalue weighted by atomic mass is 10.1. The van der Waals surface area contributed by atoms with E-state index in [1.165, 1.54) is 0 Å². The molecule has 1 aromatic carbocycles. The third-order valence-electron chi connectivity index (χ3n) is 3.73. The quantitative estimate of drug-likeness (QED) is 0.442. The van der Waals surface area contributed by atoms with Crippen molar-refractivity contribution in [1.29, 1.82) is 0 Å². The van der Waals surface area contributed by atoms with Gasteiger partial charge in [-0.2, -0.15) is 0 Å². The number of carbonyl (C=O) groups excluding carboxylic acids is 2. The number of hydrogen-bond donors (Lipinski definition) is 5. The molecule has 2 rings (SSSR count). The topological polar surface area (TPSA) is 120 Å². The maximum Gasteiger partial charge on any atom is 0.319 e. The molecule has 1 aliphatic rings. The first-order valence-corrected chi connectivity index (χ1v) is 7.83. The largest absolute Gasteiger partial charge is 0.388 e. The Kier molecular flexibility index (Phi) is 6.77. The fourth-order valence-corrected chi connectivity index (χ4v) is 2.46. The minimum Gasteiger partial charge on any atom is -0.388 e. The highest BCUT2D eigenvalue weighted by molar-refractivity contribution is 5.89. The molecule has 1 heterocycles. The third-order valence-corrected chi connectivity index (χ3v) is 3.73. The number of aliphatic hydroxyl groups is 2. The molecule has 0 bridgehead atoms. The summed E-state index contributed by atoms with van der Waals surface area (Å²) in [6, 6.07) is 8.39. The standard InChI is InChI=1S/C17H21N3O5/c1-2-8-18-14(21)9-12-15(22)16(23)13(25-12)10-19-17(24)20-11-6-4-3-5-7-11/h1,3-7,12-13,15-16,22-23H,8-10H2,(H,18,21)(H2,19,20,24). The summed E-state index contributed by atoms with van der Waals surface area (Å²) in [5.41, 5.74) is 0.621. The van der Waals surface area contributed by atoms with Crippen LogP contribution in [0, 0.1) is 12.3 Å². The van der Waals surface area contributed by atoms with Crippen molar-refractivity contribution in [3.05, 3.63) is 30.3 Å². The number of ether oxygens (including phenoxy) is 1. The molecule has 1 saturated heterocycles. The number of rotatable bonds is 6. The minimum atomic E-state index is -1.22.